The van der Waals surface area contributed by atoms with Crippen LogP contribution >= 0.6 is 0 Å². The zero-order valence-electron chi connectivity index (χ0n) is 20.5. The number of aryl methyl sites for hydroxylation is 4. The quantitative estimate of drug-likeness (QED) is 0.210. The van der Waals surface area contributed by atoms with Gasteiger partial charge in [0.2, 0.25) is 0 Å². The van der Waals surface area contributed by atoms with Crippen LogP contribution in [0.3, 0.4) is 0 Å². The molecule has 0 heterocycles. The van der Waals surface area contributed by atoms with Gasteiger partial charge in [0.25, 0.3) is 0 Å². The predicted octanol–water partition coefficient (Wildman–Crippen LogP) is 7.21. The largest absolute Gasteiger partial charge is 0.399 e. The Kier molecular flexibility index (Phi) is 7.69. The summed E-state index contributed by atoms with van der Waals surface area (Å²) in [6.07, 6.45) is 6.62. The number of nitrogens with two attached hydrogens (primary N) is 2. The van der Waals surface area contributed by atoms with Crippen molar-refractivity contribution in [1.29, 1.82) is 0 Å². The molecule has 0 fully saturated rings. The molecule has 0 aliphatic carbocycles. The zero-order chi connectivity index (χ0) is 23.9. The minimum absolute atomic E-state index is 0.819. The van der Waals surface area contributed by atoms with E-state index in [1.54, 1.807) is 0 Å². The van der Waals surface area contributed by atoms with E-state index in [0.717, 1.165) is 37.1 Å². The van der Waals surface area contributed by atoms with Gasteiger partial charge in [-0.15, -0.1) is 0 Å². The van der Waals surface area contributed by atoms with Crippen LogP contribution in [0.15, 0.2) is 84.9 Å². The highest BCUT2D eigenvalue weighted by molar-refractivity contribution is 5.42. The lowest BCUT2D eigenvalue weighted by molar-refractivity contribution is 0.729. The van der Waals surface area contributed by atoms with E-state index < -0.39 is 0 Å². The van der Waals surface area contributed by atoms with Crippen molar-refractivity contribution in [2.45, 2.75) is 52.4 Å². The van der Waals surface area contributed by atoms with E-state index in [0.29, 0.717) is 0 Å². The van der Waals surface area contributed by atoms with E-state index in [1.165, 1.54) is 57.3 Å². The van der Waals surface area contributed by atoms with Crippen LogP contribution in [0.2, 0.25) is 0 Å². The third-order valence-corrected chi connectivity index (χ3v) is 6.73. The van der Waals surface area contributed by atoms with Gasteiger partial charge in [-0.05, 0) is 121 Å². The van der Waals surface area contributed by atoms with Gasteiger partial charge in [0, 0.05) is 11.4 Å². The van der Waals surface area contributed by atoms with Crippen molar-refractivity contribution in [3.63, 3.8) is 0 Å². The third kappa shape index (κ3) is 6.51. The second kappa shape index (κ2) is 11.1. The molecular formula is C32H36N2. The smallest absolute Gasteiger partial charge is 0.0314 e. The Morgan fingerprint density at radius 1 is 0.471 bits per heavy atom. The number of nitrogen functional groups attached to an aromatic ring is 2. The molecule has 4 aromatic carbocycles. The number of hydrogen-bond acceptors (Lipinski definition) is 2. The monoisotopic (exact) mass is 448 g/mol. The maximum absolute atomic E-state index is 5.80. The van der Waals surface area contributed by atoms with E-state index in [-0.39, 0.29) is 0 Å². The molecule has 4 aromatic rings. The second-order valence-corrected chi connectivity index (χ2v) is 9.57. The molecular weight excluding hydrogens is 412 g/mol. The molecule has 0 radical (unpaired) electrons. The molecule has 174 valence electrons. The minimum atomic E-state index is 0.819. The summed E-state index contributed by atoms with van der Waals surface area (Å²) < 4.78 is 0. The summed E-state index contributed by atoms with van der Waals surface area (Å²) in [5.74, 6) is 0. The van der Waals surface area contributed by atoms with Crippen molar-refractivity contribution in [2.24, 2.45) is 0 Å². The number of anilines is 2. The molecule has 0 amide bonds. The summed E-state index contributed by atoms with van der Waals surface area (Å²) >= 11 is 0. The van der Waals surface area contributed by atoms with Crippen LogP contribution in [0.1, 0.15) is 57.3 Å². The fraction of sp³-hybridized carbons (Fsp3) is 0.250. The lowest BCUT2D eigenvalue weighted by Crippen LogP contribution is -1.97. The molecule has 0 saturated heterocycles. The van der Waals surface area contributed by atoms with Gasteiger partial charge in [-0.1, -0.05) is 60.7 Å². The molecule has 0 spiro atoms. The van der Waals surface area contributed by atoms with Gasteiger partial charge in [0.15, 0.2) is 0 Å². The Hall–Kier alpha value is -3.52. The average molecular weight is 449 g/mol. The predicted molar refractivity (Wildman–Crippen MR) is 146 cm³/mol. The molecule has 0 aliphatic rings. The molecule has 0 bridgehead atoms. The molecule has 4 rings (SSSR count). The Bertz CT molecular complexity index is 1120. The highest BCUT2D eigenvalue weighted by atomic mass is 14.5. The van der Waals surface area contributed by atoms with Crippen LogP contribution < -0.4 is 11.5 Å². The average Bonchev–Trinajstić information content (AvgIpc) is 2.82. The Balaban J connectivity index is 1.26. The molecule has 2 heteroatoms. The molecule has 0 unspecified atom stereocenters. The van der Waals surface area contributed by atoms with Gasteiger partial charge in [-0.2, -0.15) is 0 Å². The number of rotatable bonds is 9. The van der Waals surface area contributed by atoms with Crippen LogP contribution in [0.4, 0.5) is 11.4 Å². The number of benzene rings is 4. The van der Waals surface area contributed by atoms with E-state index in [9.17, 15) is 0 Å². The third-order valence-electron chi connectivity index (χ3n) is 6.73. The van der Waals surface area contributed by atoms with Gasteiger partial charge >= 0.3 is 0 Å². The zero-order valence-corrected chi connectivity index (χ0v) is 20.5. The van der Waals surface area contributed by atoms with Crippen molar-refractivity contribution in [1.82, 2.24) is 0 Å². The van der Waals surface area contributed by atoms with Gasteiger partial charge in [-0.25, -0.2) is 0 Å². The van der Waals surface area contributed by atoms with Gasteiger partial charge in [0.1, 0.15) is 0 Å². The van der Waals surface area contributed by atoms with Crippen molar-refractivity contribution < 1.29 is 0 Å². The fourth-order valence-corrected chi connectivity index (χ4v) is 4.67. The van der Waals surface area contributed by atoms with Crippen molar-refractivity contribution in [3.05, 3.63) is 129 Å². The summed E-state index contributed by atoms with van der Waals surface area (Å²) in [7, 11) is 0. The molecule has 34 heavy (non-hydrogen) atoms. The minimum Gasteiger partial charge on any atom is -0.399 e. The SMILES string of the molecule is Cc1cc(Cc2ccc(N)cc2)ccc1CCCCc1ccc(Cc2ccc(N)cc2)cc1C. The maximum Gasteiger partial charge on any atom is 0.0314 e. The highest BCUT2D eigenvalue weighted by Crippen LogP contribution is 2.20. The summed E-state index contributed by atoms with van der Waals surface area (Å²) in [6, 6.07) is 30.3. The van der Waals surface area contributed by atoms with Crippen molar-refractivity contribution >= 4 is 11.4 Å². The lowest BCUT2D eigenvalue weighted by Gasteiger charge is -2.11. The molecule has 4 N–H and O–H groups in total. The van der Waals surface area contributed by atoms with Crippen LogP contribution in [-0.4, -0.2) is 0 Å². The molecule has 0 aliphatic heterocycles. The molecule has 2 nitrogen and oxygen atoms in total. The van der Waals surface area contributed by atoms with Gasteiger partial charge < -0.3 is 11.5 Å². The summed E-state index contributed by atoms with van der Waals surface area (Å²) in [5.41, 5.74) is 24.3. The normalized spacial score (nSPS) is 11.0. The molecule has 0 aromatic heterocycles. The van der Waals surface area contributed by atoms with E-state index in [2.05, 4.69) is 74.5 Å². The first kappa shape index (κ1) is 23.6. The van der Waals surface area contributed by atoms with Crippen LogP contribution in [0, 0.1) is 13.8 Å². The van der Waals surface area contributed by atoms with Crippen LogP contribution in [0.25, 0.3) is 0 Å². The first-order valence-corrected chi connectivity index (χ1v) is 12.3. The van der Waals surface area contributed by atoms with E-state index in [4.69, 9.17) is 11.5 Å². The lowest BCUT2D eigenvalue weighted by atomic mass is 9.95. The molecule has 0 saturated carbocycles. The Morgan fingerprint density at radius 3 is 1.18 bits per heavy atom. The highest BCUT2D eigenvalue weighted by Gasteiger charge is 2.05. The van der Waals surface area contributed by atoms with Crippen molar-refractivity contribution in [3.8, 4) is 0 Å². The van der Waals surface area contributed by atoms with E-state index in [1.807, 2.05) is 24.3 Å². The molecule has 0 atom stereocenters. The topological polar surface area (TPSA) is 52.0 Å². The first-order valence-electron chi connectivity index (χ1n) is 12.3. The summed E-state index contributed by atoms with van der Waals surface area (Å²) in [6.45, 7) is 4.48. The Morgan fingerprint density at radius 2 is 0.824 bits per heavy atom. The van der Waals surface area contributed by atoms with Gasteiger partial charge in [-0.3, -0.25) is 0 Å². The maximum atomic E-state index is 5.80. The number of hydrogen-bond donors (Lipinski definition) is 2. The second-order valence-electron chi connectivity index (χ2n) is 9.57. The van der Waals surface area contributed by atoms with Gasteiger partial charge in [0.05, 0.1) is 0 Å². The first-order chi connectivity index (χ1) is 16.5. The standard InChI is InChI=1S/C32H36N2/c1-23-19-27(21-25-9-15-31(33)16-10-25)7-13-29(23)5-3-4-6-30-14-8-28(20-24(30)2)22-26-11-17-32(34)18-12-26/h7-20H,3-6,21-22,33-34H2,1-2H3. The number of unbranched alkanes of at least 4 members (excludes halogenated alkanes) is 1. The summed E-state index contributed by atoms with van der Waals surface area (Å²) in [5, 5.41) is 0. The van der Waals surface area contributed by atoms with Crippen LogP contribution in [0.5, 0.6) is 0 Å². The summed E-state index contributed by atoms with van der Waals surface area (Å²) in [4.78, 5) is 0. The fourth-order valence-electron chi connectivity index (χ4n) is 4.67. The van der Waals surface area contributed by atoms with Crippen molar-refractivity contribution in [2.75, 3.05) is 11.5 Å². The van der Waals surface area contributed by atoms with Crippen LogP contribution in [-0.2, 0) is 25.7 Å². The Labute approximate surface area is 204 Å². The van der Waals surface area contributed by atoms with E-state index >= 15 is 0 Å².